The summed E-state index contributed by atoms with van der Waals surface area (Å²) in [5.74, 6) is 1.67. The molecule has 0 amide bonds. The van der Waals surface area contributed by atoms with Gasteiger partial charge in [-0.15, -0.1) is 0 Å². The number of aromatic nitrogens is 4. The van der Waals surface area contributed by atoms with E-state index in [-0.39, 0.29) is 6.04 Å². The Morgan fingerprint density at radius 1 is 1.04 bits per heavy atom. The summed E-state index contributed by atoms with van der Waals surface area (Å²) in [5, 5.41) is 3.34. The molecule has 1 aliphatic rings. The number of hydrogen-bond donors (Lipinski definition) is 1. The van der Waals surface area contributed by atoms with Gasteiger partial charge < -0.3 is 10.2 Å². The summed E-state index contributed by atoms with van der Waals surface area (Å²) in [7, 11) is 0. The minimum atomic E-state index is 0.219. The van der Waals surface area contributed by atoms with Crippen molar-refractivity contribution in [1.29, 1.82) is 0 Å². The molecule has 0 aliphatic carbocycles. The van der Waals surface area contributed by atoms with Crippen LogP contribution in [0.4, 0.5) is 17.5 Å². The third-order valence-corrected chi connectivity index (χ3v) is 4.88. The van der Waals surface area contributed by atoms with E-state index in [1.165, 1.54) is 0 Å². The molecule has 0 bridgehead atoms. The van der Waals surface area contributed by atoms with Crippen LogP contribution in [0, 0.1) is 20.8 Å². The third kappa shape index (κ3) is 3.74. The molecule has 1 saturated heterocycles. The van der Waals surface area contributed by atoms with Crippen LogP contribution in [-0.4, -0.2) is 26.5 Å². The van der Waals surface area contributed by atoms with Crippen molar-refractivity contribution in [3.8, 4) is 0 Å². The van der Waals surface area contributed by atoms with Crippen LogP contribution in [0.25, 0.3) is 0 Å². The van der Waals surface area contributed by atoms with Crippen molar-refractivity contribution in [3.05, 3.63) is 65.4 Å². The maximum absolute atomic E-state index is 4.72. The second-order valence-electron chi connectivity index (χ2n) is 7.07. The Morgan fingerprint density at radius 3 is 2.56 bits per heavy atom. The number of aryl methyl sites for hydroxylation is 3. The van der Waals surface area contributed by atoms with E-state index >= 15 is 0 Å². The molecule has 27 heavy (non-hydrogen) atoms. The Kier molecular flexibility index (Phi) is 4.71. The Labute approximate surface area is 159 Å². The minimum Gasteiger partial charge on any atom is -0.339 e. The Bertz CT molecular complexity index is 917. The lowest BCUT2D eigenvalue weighted by molar-refractivity contribution is 0.677. The molecule has 138 valence electrons. The van der Waals surface area contributed by atoms with E-state index in [0.717, 1.165) is 59.5 Å². The maximum atomic E-state index is 4.72. The number of hydrogen-bond acceptors (Lipinski definition) is 6. The average molecular weight is 360 g/mol. The number of anilines is 3. The van der Waals surface area contributed by atoms with Crippen molar-refractivity contribution in [2.45, 2.75) is 39.7 Å². The quantitative estimate of drug-likeness (QED) is 0.749. The van der Waals surface area contributed by atoms with Crippen molar-refractivity contribution in [1.82, 2.24) is 19.9 Å². The highest BCUT2D eigenvalue weighted by Crippen LogP contribution is 2.34. The highest BCUT2D eigenvalue weighted by atomic mass is 15.3. The Balaban J connectivity index is 1.55. The summed E-state index contributed by atoms with van der Waals surface area (Å²) in [6.45, 7) is 7.03. The van der Waals surface area contributed by atoms with Gasteiger partial charge in [0.05, 0.1) is 23.6 Å². The fourth-order valence-corrected chi connectivity index (χ4v) is 3.58. The molecule has 1 atom stereocenters. The van der Waals surface area contributed by atoms with E-state index in [1.807, 2.05) is 45.2 Å². The highest BCUT2D eigenvalue weighted by molar-refractivity contribution is 5.58. The summed E-state index contributed by atoms with van der Waals surface area (Å²) >= 11 is 0. The van der Waals surface area contributed by atoms with Gasteiger partial charge in [0.15, 0.2) is 0 Å². The molecule has 0 saturated carbocycles. The molecular formula is C21H24N6. The third-order valence-electron chi connectivity index (χ3n) is 4.88. The smallest absolute Gasteiger partial charge is 0.226 e. The molecular weight excluding hydrogens is 336 g/mol. The van der Waals surface area contributed by atoms with Crippen LogP contribution in [0.15, 0.2) is 42.7 Å². The fraction of sp³-hybridized carbons (Fsp3) is 0.333. The van der Waals surface area contributed by atoms with Gasteiger partial charge in [0.1, 0.15) is 5.82 Å². The molecule has 0 aromatic carbocycles. The lowest BCUT2D eigenvalue weighted by Gasteiger charge is -2.25. The summed E-state index contributed by atoms with van der Waals surface area (Å²) in [5.41, 5.74) is 5.10. The van der Waals surface area contributed by atoms with Crippen molar-refractivity contribution in [2.24, 2.45) is 0 Å². The number of pyridine rings is 2. The van der Waals surface area contributed by atoms with Crippen molar-refractivity contribution in [2.75, 3.05) is 16.8 Å². The van der Waals surface area contributed by atoms with Crippen LogP contribution in [0.5, 0.6) is 0 Å². The molecule has 1 unspecified atom stereocenters. The highest BCUT2D eigenvalue weighted by Gasteiger charge is 2.29. The van der Waals surface area contributed by atoms with E-state index in [0.29, 0.717) is 0 Å². The largest absolute Gasteiger partial charge is 0.339 e. The second-order valence-corrected chi connectivity index (χ2v) is 7.07. The van der Waals surface area contributed by atoms with E-state index in [4.69, 9.17) is 4.98 Å². The van der Waals surface area contributed by atoms with Crippen LogP contribution in [0.1, 0.15) is 41.5 Å². The first-order valence-electron chi connectivity index (χ1n) is 9.34. The zero-order valence-electron chi connectivity index (χ0n) is 16.0. The van der Waals surface area contributed by atoms with Crippen LogP contribution in [0.3, 0.4) is 0 Å². The van der Waals surface area contributed by atoms with Gasteiger partial charge in [-0.25, -0.2) is 15.0 Å². The van der Waals surface area contributed by atoms with Gasteiger partial charge in [-0.2, -0.15) is 0 Å². The predicted octanol–water partition coefficient (Wildman–Crippen LogP) is 4.28. The Morgan fingerprint density at radius 2 is 1.85 bits per heavy atom. The van der Waals surface area contributed by atoms with E-state index in [2.05, 4.69) is 37.3 Å². The minimum absolute atomic E-state index is 0.219. The molecule has 1 fully saturated rings. The Hall–Kier alpha value is -3.02. The lowest BCUT2D eigenvalue weighted by Crippen LogP contribution is -2.25. The van der Waals surface area contributed by atoms with Crippen LogP contribution in [0.2, 0.25) is 0 Å². The van der Waals surface area contributed by atoms with Gasteiger partial charge in [-0.3, -0.25) is 4.98 Å². The monoisotopic (exact) mass is 360 g/mol. The molecule has 0 radical (unpaired) electrons. The van der Waals surface area contributed by atoms with Gasteiger partial charge in [0, 0.05) is 24.1 Å². The fourth-order valence-electron chi connectivity index (χ4n) is 3.58. The van der Waals surface area contributed by atoms with Crippen molar-refractivity contribution < 1.29 is 0 Å². The van der Waals surface area contributed by atoms with Crippen molar-refractivity contribution >= 4 is 17.5 Å². The van der Waals surface area contributed by atoms with Gasteiger partial charge in [-0.05, 0) is 63.4 Å². The summed E-state index contributed by atoms with van der Waals surface area (Å²) in [6, 6.07) is 10.4. The number of nitrogens with one attached hydrogen (secondary N) is 1. The maximum Gasteiger partial charge on any atom is 0.226 e. The molecule has 4 heterocycles. The van der Waals surface area contributed by atoms with Crippen LogP contribution >= 0.6 is 0 Å². The van der Waals surface area contributed by atoms with E-state index in [1.54, 1.807) is 6.20 Å². The van der Waals surface area contributed by atoms with Gasteiger partial charge in [0.25, 0.3) is 0 Å². The molecule has 0 spiro atoms. The zero-order valence-corrected chi connectivity index (χ0v) is 16.0. The summed E-state index contributed by atoms with van der Waals surface area (Å²) in [6.07, 6.45) is 5.85. The molecule has 3 aromatic rings. The molecule has 6 heteroatoms. The average Bonchev–Trinajstić information content (AvgIpc) is 3.13. The van der Waals surface area contributed by atoms with Gasteiger partial charge in [-0.1, -0.05) is 6.07 Å². The second kappa shape index (κ2) is 7.31. The van der Waals surface area contributed by atoms with Gasteiger partial charge in [0.2, 0.25) is 5.95 Å². The molecule has 1 aliphatic heterocycles. The first-order chi connectivity index (χ1) is 13.1. The molecule has 3 aromatic heterocycles. The van der Waals surface area contributed by atoms with Crippen LogP contribution in [-0.2, 0) is 0 Å². The number of nitrogens with zero attached hydrogens (tertiary/aromatic N) is 5. The standard InChI is InChI=1S/C21H24N6/c1-14-6-4-10-22-20(14)26-17-8-9-18(23-13-17)19-7-5-11-27(19)21-24-15(2)12-16(3)25-21/h4,6,8-10,12-13,19H,5,7,11H2,1-3H3,(H,22,26). The summed E-state index contributed by atoms with van der Waals surface area (Å²) < 4.78 is 0. The lowest BCUT2D eigenvalue weighted by atomic mass is 10.1. The first kappa shape index (κ1) is 17.4. The van der Waals surface area contributed by atoms with Crippen LogP contribution < -0.4 is 10.2 Å². The van der Waals surface area contributed by atoms with E-state index < -0.39 is 0 Å². The predicted molar refractivity (Wildman–Crippen MR) is 107 cm³/mol. The van der Waals surface area contributed by atoms with Gasteiger partial charge >= 0.3 is 0 Å². The normalized spacial score (nSPS) is 16.6. The summed E-state index contributed by atoms with van der Waals surface area (Å²) in [4.78, 5) is 20.7. The SMILES string of the molecule is Cc1cc(C)nc(N2CCCC2c2ccc(Nc3ncccc3C)cn2)n1. The molecule has 4 rings (SSSR count). The number of rotatable bonds is 4. The topological polar surface area (TPSA) is 66.8 Å². The van der Waals surface area contributed by atoms with Crippen molar-refractivity contribution in [3.63, 3.8) is 0 Å². The van der Waals surface area contributed by atoms with E-state index in [9.17, 15) is 0 Å². The zero-order chi connectivity index (χ0) is 18.8. The molecule has 1 N–H and O–H groups in total. The first-order valence-corrected chi connectivity index (χ1v) is 9.34. The molecule has 6 nitrogen and oxygen atoms in total.